The summed E-state index contributed by atoms with van der Waals surface area (Å²) < 4.78 is 5.06. The van der Waals surface area contributed by atoms with Crippen LogP contribution in [0.3, 0.4) is 0 Å². The second-order valence-corrected chi connectivity index (χ2v) is 5.29. The Bertz CT molecular complexity index is 505. The van der Waals surface area contributed by atoms with Crippen molar-refractivity contribution in [1.82, 2.24) is 10.2 Å². The number of Topliss-reactive ketones (excluding diaryl/α,β-unsaturated/α-hetero) is 1. The molecule has 6 heteroatoms. The van der Waals surface area contributed by atoms with Gasteiger partial charge in [-0.3, -0.25) is 9.59 Å². The van der Waals surface area contributed by atoms with Gasteiger partial charge in [-0.25, -0.2) is 0 Å². The number of nitrogens with one attached hydrogen (secondary N) is 1. The Balaban J connectivity index is 0.00000242. The highest BCUT2D eigenvalue weighted by Gasteiger charge is 2.23. The van der Waals surface area contributed by atoms with E-state index in [1.54, 1.807) is 31.4 Å². The Hall–Kier alpha value is -1.59. The van der Waals surface area contributed by atoms with Gasteiger partial charge in [0.05, 0.1) is 7.11 Å². The minimum absolute atomic E-state index is 0. The molecule has 1 fully saturated rings. The SMILES string of the molecule is COc1ccc(C(=O)CCC(=O)N2CCNC[C@H]2C)cc1.Cl. The second-order valence-electron chi connectivity index (χ2n) is 5.29. The van der Waals surface area contributed by atoms with Gasteiger partial charge in [0.1, 0.15) is 5.75 Å². The fraction of sp³-hybridized carbons (Fsp3) is 0.500. The molecule has 0 aliphatic carbocycles. The van der Waals surface area contributed by atoms with E-state index in [2.05, 4.69) is 5.32 Å². The monoisotopic (exact) mass is 326 g/mol. The number of benzene rings is 1. The van der Waals surface area contributed by atoms with Gasteiger partial charge in [-0.05, 0) is 31.2 Å². The minimum atomic E-state index is -0.00575. The van der Waals surface area contributed by atoms with Crippen LogP contribution in [0.5, 0.6) is 5.75 Å². The molecule has 122 valence electrons. The van der Waals surface area contributed by atoms with Crippen LogP contribution in [0, 0.1) is 0 Å². The average molecular weight is 327 g/mol. The smallest absolute Gasteiger partial charge is 0.223 e. The van der Waals surface area contributed by atoms with Gasteiger partial charge >= 0.3 is 0 Å². The largest absolute Gasteiger partial charge is 0.497 e. The first-order chi connectivity index (χ1) is 10.1. The van der Waals surface area contributed by atoms with Crippen molar-refractivity contribution in [3.8, 4) is 5.75 Å². The van der Waals surface area contributed by atoms with Gasteiger partial charge < -0.3 is 15.0 Å². The van der Waals surface area contributed by atoms with Crippen molar-refractivity contribution in [3.63, 3.8) is 0 Å². The standard InChI is InChI=1S/C16H22N2O3.ClH/c1-12-11-17-9-10-18(12)16(20)8-7-15(19)13-3-5-14(21-2)6-4-13;/h3-6,12,17H,7-11H2,1-2H3;1H/t12-;/m1./s1. The molecule has 1 aliphatic rings. The van der Waals surface area contributed by atoms with Gasteiger partial charge in [0, 0.05) is 44.1 Å². The number of carbonyl (C=O) groups is 2. The first-order valence-corrected chi connectivity index (χ1v) is 7.29. The zero-order chi connectivity index (χ0) is 15.2. The van der Waals surface area contributed by atoms with Crippen molar-refractivity contribution in [2.45, 2.75) is 25.8 Å². The lowest BCUT2D eigenvalue weighted by atomic mass is 10.1. The Labute approximate surface area is 137 Å². The lowest BCUT2D eigenvalue weighted by Gasteiger charge is -2.34. The van der Waals surface area contributed by atoms with Crippen LogP contribution in [0.2, 0.25) is 0 Å². The van der Waals surface area contributed by atoms with Crippen molar-refractivity contribution in [3.05, 3.63) is 29.8 Å². The molecular weight excluding hydrogens is 304 g/mol. The lowest BCUT2D eigenvalue weighted by Crippen LogP contribution is -2.52. The van der Waals surface area contributed by atoms with Gasteiger partial charge in [0.25, 0.3) is 0 Å². The number of hydrogen-bond acceptors (Lipinski definition) is 4. The van der Waals surface area contributed by atoms with E-state index in [1.807, 2.05) is 11.8 Å². The molecule has 22 heavy (non-hydrogen) atoms. The molecule has 1 atom stereocenters. The summed E-state index contributed by atoms with van der Waals surface area (Å²) in [7, 11) is 1.59. The molecule has 1 amide bonds. The van der Waals surface area contributed by atoms with E-state index in [9.17, 15) is 9.59 Å². The van der Waals surface area contributed by atoms with Crippen molar-refractivity contribution in [1.29, 1.82) is 0 Å². The van der Waals surface area contributed by atoms with E-state index in [-0.39, 0.29) is 43.0 Å². The first-order valence-electron chi connectivity index (χ1n) is 7.29. The quantitative estimate of drug-likeness (QED) is 0.840. The van der Waals surface area contributed by atoms with Gasteiger partial charge in [-0.2, -0.15) is 0 Å². The lowest BCUT2D eigenvalue weighted by molar-refractivity contribution is -0.133. The van der Waals surface area contributed by atoms with Crippen LogP contribution in [0.4, 0.5) is 0 Å². The molecule has 1 aromatic rings. The number of ketones is 1. The van der Waals surface area contributed by atoms with E-state index >= 15 is 0 Å². The minimum Gasteiger partial charge on any atom is -0.497 e. The van der Waals surface area contributed by atoms with Crippen molar-refractivity contribution >= 4 is 24.1 Å². The molecule has 1 heterocycles. The zero-order valence-electron chi connectivity index (χ0n) is 13.0. The molecule has 0 aromatic heterocycles. The van der Waals surface area contributed by atoms with Crippen LogP contribution >= 0.6 is 12.4 Å². The summed E-state index contributed by atoms with van der Waals surface area (Å²) in [6.45, 7) is 4.38. The number of amides is 1. The van der Waals surface area contributed by atoms with Crippen LogP contribution in [-0.4, -0.2) is 49.4 Å². The summed E-state index contributed by atoms with van der Waals surface area (Å²) in [4.78, 5) is 26.1. The Kier molecular flexibility index (Phi) is 7.35. The fourth-order valence-corrected chi connectivity index (χ4v) is 2.50. The van der Waals surface area contributed by atoms with Crippen LogP contribution < -0.4 is 10.1 Å². The highest BCUT2D eigenvalue weighted by molar-refractivity contribution is 5.98. The van der Waals surface area contributed by atoms with Crippen LogP contribution in [0.25, 0.3) is 0 Å². The third-order valence-electron chi connectivity index (χ3n) is 3.80. The van der Waals surface area contributed by atoms with E-state index < -0.39 is 0 Å². The molecule has 0 bridgehead atoms. The van der Waals surface area contributed by atoms with Crippen molar-refractivity contribution < 1.29 is 14.3 Å². The number of hydrogen-bond donors (Lipinski definition) is 1. The van der Waals surface area contributed by atoms with Crippen LogP contribution in [-0.2, 0) is 4.79 Å². The predicted octanol–water partition coefficient (Wildman–Crippen LogP) is 1.90. The molecule has 0 unspecified atom stereocenters. The molecule has 1 saturated heterocycles. The highest BCUT2D eigenvalue weighted by Crippen LogP contribution is 2.14. The van der Waals surface area contributed by atoms with Crippen molar-refractivity contribution in [2.24, 2.45) is 0 Å². The van der Waals surface area contributed by atoms with E-state index in [0.717, 1.165) is 25.4 Å². The maximum Gasteiger partial charge on any atom is 0.223 e. The number of nitrogens with zero attached hydrogens (tertiary/aromatic N) is 1. The summed E-state index contributed by atoms with van der Waals surface area (Å²) >= 11 is 0. The molecule has 1 aliphatic heterocycles. The molecule has 0 radical (unpaired) electrons. The number of rotatable bonds is 5. The van der Waals surface area contributed by atoms with Gasteiger partial charge in [0.15, 0.2) is 5.78 Å². The summed E-state index contributed by atoms with van der Waals surface area (Å²) in [6, 6.07) is 7.18. The topological polar surface area (TPSA) is 58.6 Å². The van der Waals surface area contributed by atoms with E-state index in [0.29, 0.717) is 5.56 Å². The van der Waals surface area contributed by atoms with Crippen molar-refractivity contribution in [2.75, 3.05) is 26.7 Å². The molecule has 0 spiro atoms. The predicted molar refractivity (Wildman–Crippen MR) is 87.9 cm³/mol. The Morgan fingerprint density at radius 1 is 1.27 bits per heavy atom. The second kappa shape index (κ2) is 8.76. The van der Waals surface area contributed by atoms with Gasteiger partial charge in [-0.1, -0.05) is 0 Å². The average Bonchev–Trinajstić information content (AvgIpc) is 2.52. The van der Waals surface area contributed by atoms with E-state index in [4.69, 9.17) is 4.74 Å². The summed E-state index contributed by atoms with van der Waals surface area (Å²) in [6.07, 6.45) is 0.525. The molecular formula is C16H23ClN2O3. The highest BCUT2D eigenvalue weighted by atomic mass is 35.5. The maximum atomic E-state index is 12.2. The third-order valence-corrected chi connectivity index (χ3v) is 3.80. The fourth-order valence-electron chi connectivity index (χ4n) is 2.50. The number of carbonyl (C=O) groups excluding carboxylic acids is 2. The number of halogens is 1. The van der Waals surface area contributed by atoms with Crippen LogP contribution in [0.15, 0.2) is 24.3 Å². The molecule has 1 aromatic carbocycles. The van der Waals surface area contributed by atoms with Gasteiger partial charge in [-0.15, -0.1) is 12.4 Å². The molecule has 5 nitrogen and oxygen atoms in total. The van der Waals surface area contributed by atoms with Crippen LogP contribution in [0.1, 0.15) is 30.1 Å². The summed E-state index contributed by atoms with van der Waals surface area (Å²) in [5.74, 6) is 0.775. The molecule has 0 saturated carbocycles. The normalized spacial score (nSPS) is 17.5. The molecule has 2 rings (SSSR count). The number of methoxy groups -OCH3 is 1. The summed E-state index contributed by atoms with van der Waals surface area (Å²) in [5, 5.41) is 3.25. The molecule has 1 N–H and O–H groups in total. The maximum absolute atomic E-state index is 12.2. The van der Waals surface area contributed by atoms with E-state index in [1.165, 1.54) is 0 Å². The first kappa shape index (κ1) is 18.5. The summed E-state index contributed by atoms with van der Waals surface area (Å²) in [5.41, 5.74) is 0.622. The number of ether oxygens (including phenoxy) is 1. The third kappa shape index (κ3) is 4.71. The van der Waals surface area contributed by atoms with Gasteiger partial charge in [0.2, 0.25) is 5.91 Å². The number of piperazine rings is 1. The Morgan fingerprint density at radius 2 is 1.95 bits per heavy atom. The zero-order valence-corrected chi connectivity index (χ0v) is 13.8. The Morgan fingerprint density at radius 3 is 2.55 bits per heavy atom.